The van der Waals surface area contributed by atoms with Crippen molar-refractivity contribution in [1.82, 2.24) is 5.16 Å². The van der Waals surface area contributed by atoms with Crippen LogP contribution in [0.5, 0.6) is 0 Å². The summed E-state index contributed by atoms with van der Waals surface area (Å²) in [7, 11) is 0. The molecule has 100 valence electrons. The van der Waals surface area contributed by atoms with Crippen molar-refractivity contribution < 1.29 is 18.8 Å². The summed E-state index contributed by atoms with van der Waals surface area (Å²) in [5.74, 6) is -0.817. The van der Waals surface area contributed by atoms with Crippen LogP contribution in [0.2, 0.25) is 0 Å². The zero-order valence-electron chi connectivity index (χ0n) is 10.4. The highest BCUT2D eigenvalue weighted by Crippen LogP contribution is 2.24. The summed E-state index contributed by atoms with van der Waals surface area (Å²) in [5.41, 5.74) is 0.943. The van der Waals surface area contributed by atoms with Crippen molar-refractivity contribution in [3.05, 3.63) is 34.5 Å². The number of nitrogens with one attached hydrogen (secondary N) is 1. The third-order valence-corrected chi connectivity index (χ3v) is 3.07. The van der Waals surface area contributed by atoms with Crippen LogP contribution in [0.25, 0.3) is 0 Å². The van der Waals surface area contributed by atoms with Gasteiger partial charge in [-0.25, -0.2) is 4.79 Å². The van der Waals surface area contributed by atoms with E-state index in [-0.39, 0.29) is 12.4 Å². The zero-order valence-corrected chi connectivity index (χ0v) is 11.2. The van der Waals surface area contributed by atoms with E-state index in [0.717, 1.165) is 0 Å². The standard InChI is InChI=1S/C12H12N2O4S/c1-3-17-12(16)8-4-5-19-11(8)13-10(15)9-6-7(2)14-18-9/h4-6H,3H2,1-2H3,(H,13,15). The van der Waals surface area contributed by atoms with Crippen molar-refractivity contribution in [1.29, 1.82) is 0 Å². The quantitative estimate of drug-likeness (QED) is 0.870. The Kier molecular flexibility index (Phi) is 3.96. The van der Waals surface area contributed by atoms with Crippen molar-refractivity contribution in [2.24, 2.45) is 0 Å². The summed E-state index contributed by atoms with van der Waals surface area (Å²) in [4.78, 5) is 23.5. The summed E-state index contributed by atoms with van der Waals surface area (Å²) in [6.45, 7) is 3.72. The second kappa shape index (κ2) is 5.66. The molecule has 0 aliphatic carbocycles. The molecule has 0 saturated heterocycles. The predicted octanol–water partition coefficient (Wildman–Crippen LogP) is 2.47. The monoisotopic (exact) mass is 280 g/mol. The molecule has 2 heterocycles. The fraction of sp³-hybridized carbons (Fsp3) is 0.250. The molecule has 7 heteroatoms. The molecule has 6 nitrogen and oxygen atoms in total. The van der Waals surface area contributed by atoms with E-state index < -0.39 is 11.9 Å². The van der Waals surface area contributed by atoms with Crippen molar-refractivity contribution in [2.45, 2.75) is 13.8 Å². The van der Waals surface area contributed by atoms with Gasteiger partial charge in [0.1, 0.15) is 5.00 Å². The van der Waals surface area contributed by atoms with E-state index in [1.807, 2.05) is 0 Å². The van der Waals surface area contributed by atoms with Crippen LogP contribution in [0.15, 0.2) is 22.0 Å². The number of aryl methyl sites for hydroxylation is 1. The summed E-state index contributed by atoms with van der Waals surface area (Å²) in [6.07, 6.45) is 0. The van der Waals surface area contributed by atoms with Crippen molar-refractivity contribution >= 4 is 28.2 Å². The van der Waals surface area contributed by atoms with Gasteiger partial charge in [-0.1, -0.05) is 5.16 Å². The molecule has 2 aromatic rings. The zero-order chi connectivity index (χ0) is 13.8. The third-order valence-electron chi connectivity index (χ3n) is 2.24. The van der Waals surface area contributed by atoms with Gasteiger partial charge in [0, 0.05) is 6.07 Å². The first kappa shape index (κ1) is 13.3. The minimum absolute atomic E-state index is 0.0979. The first-order valence-electron chi connectivity index (χ1n) is 5.61. The third kappa shape index (κ3) is 3.00. The van der Waals surface area contributed by atoms with Crippen LogP contribution >= 0.6 is 11.3 Å². The minimum Gasteiger partial charge on any atom is -0.462 e. The Morgan fingerprint density at radius 2 is 2.32 bits per heavy atom. The lowest BCUT2D eigenvalue weighted by molar-refractivity contribution is 0.0528. The molecule has 1 amide bonds. The number of ether oxygens (including phenoxy) is 1. The molecule has 0 aromatic carbocycles. The highest BCUT2D eigenvalue weighted by atomic mass is 32.1. The van der Waals surface area contributed by atoms with Crippen molar-refractivity contribution in [3.8, 4) is 0 Å². The Bertz CT molecular complexity index is 602. The molecule has 0 bridgehead atoms. The fourth-order valence-corrected chi connectivity index (χ4v) is 2.18. The number of aromatic nitrogens is 1. The Morgan fingerprint density at radius 1 is 1.53 bits per heavy atom. The summed E-state index contributed by atoms with van der Waals surface area (Å²) in [5, 5.41) is 8.36. The molecule has 0 spiro atoms. The van der Waals surface area contributed by atoms with Crippen LogP contribution in [0.1, 0.15) is 33.5 Å². The van der Waals surface area contributed by atoms with Gasteiger partial charge in [-0.3, -0.25) is 4.79 Å². The lowest BCUT2D eigenvalue weighted by Crippen LogP contribution is -2.13. The molecule has 2 aromatic heterocycles. The van der Waals surface area contributed by atoms with E-state index in [0.29, 0.717) is 16.3 Å². The van der Waals surface area contributed by atoms with Gasteiger partial charge in [-0.15, -0.1) is 11.3 Å². The number of nitrogens with zero attached hydrogens (tertiary/aromatic N) is 1. The van der Waals surface area contributed by atoms with Crippen LogP contribution in [0.4, 0.5) is 5.00 Å². The van der Waals surface area contributed by atoms with E-state index in [4.69, 9.17) is 9.26 Å². The Labute approximate surface area is 113 Å². The van der Waals surface area contributed by atoms with Gasteiger partial charge < -0.3 is 14.6 Å². The fourth-order valence-electron chi connectivity index (χ4n) is 1.41. The number of hydrogen-bond donors (Lipinski definition) is 1. The molecule has 2 rings (SSSR count). The number of amides is 1. The molecule has 1 N–H and O–H groups in total. The average Bonchev–Trinajstić information content (AvgIpc) is 2.98. The number of carbonyl (C=O) groups excluding carboxylic acids is 2. The number of esters is 1. The van der Waals surface area contributed by atoms with Gasteiger partial charge >= 0.3 is 5.97 Å². The summed E-state index contributed by atoms with van der Waals surface area (Å²) in [6, 6.07) is 3.12. The normalized spacial score (nSPS) is 10.2. The first-order valence-corrected chi connectivity index (χ1v) is 6.49. The molecule has 0 aliphatic heterocycles. The lowest BCUT2D eigenvalue weighted by atomic mass is 10.3. The molecule has 0 radical (unpaired) electrons. The van der Waals surface area contributed by atoms with E-state index in [2.05, 4.69) is 10.5 Å². The Balaban J connectivity index is 2.13. The van der Waals surface area contributed by atoms with Crippen LogP contribution in [0.3, 0.4) is 0 Å². The van der Waals surface area contributed by atoms with E-state index in [1.165, 1.54) is 17.4 Å². The van der Waals surface area contributed by atoms with Crippen LogP contribution < -0.4 is 5.32 Å². The largest absolute Gasteiger partial charge is 0.462 e. The Hall–Kier alpha value is -2.15. The van der Waals surface area contributed by atoms with Crippen LogP contribution in [0, 0.1) is 6.92 Å². The number of carbonyl (C=O) groups is 2. The average molecular weight is 280 g/mol. The second-order valence-electron chi connectivity index (χ2n) is 3.67. The molecule has 0 unspecified atom stereocenters. The molecule has 0 atom stereocenters. The first-order chi connectivity index (χ1) is 9.11. The highest BCUT2D eigenvalue weighted by molar-refractivity contribution is 7.14. The molecule has 19 heavy (non-hydrogen) atoms. The summed E-state index contributed by atoms with van der Waals surface area (Å²) >= 11 is 1.24. The van der Waals surface area contributed by atoms with Gasteiger partial charge in [0.2, 0.25) is 5.76 Å². The molecule has 0 fully saturated rings. The van der Waals surface area contributed by atoms with Crippen molar-refractivity contribution in [3.63, 3.8) is 0 Å². The van der Waals surface area contributed by atoms with Gasteiger partial charge in [-0.2, -0.15) is 0 Å². The topological polar surface area (TPSA) is 81.4 Å². The number of hydrogen-bond acceptors (Lipinski definition) is 6. The Morgan fingerprint density at radius 3 is 2.95 bits per heavy atom. The number of thiophene rings is 1. The number of rotatable bonds is 4. The minimum atomic E-state index is -0.465. The second-order valence-corrected chi connectivity index (χ2v) is 4.59. The van der Waals surface area contributed by atoms with Gasteiger partial charge in [0.15, 0.2) is 0 Å². The van der Waals surface area contributed by atoms with E-state index in [1.54, 1.807) is 25.3 Å². The van der Waals surface area contributed by atoms with E-state index in [9.17, 15) is 9.59 Å². The van der Waals surface area contributed by atoms with E-state index >= 15 is 0 Å². The smallest absolute Gasteiger partial charge is 0.341 e. The van der Waals surface area contributed by atoms with Crippen LogP contribution in [-0.4, -0.2) is 23.6 Å². The maximum atomic E-state index is 11.9. The maximum Gasteiger partial charge on any atom is 0.341 e. The highest BCUT2D eigenvalue weighted by Gasteiger charge is 2.18. The maximum absolute atomic E-state index is 11.9. The number of anilines is 1. The SMILES string of the molecule is CCOC(=O)c1ccsc1NC(=O)c1cc(C)no1. The summed E-state index contributed by atoms with van der Waals surface area (Å²) < 4.78 is 9.75. The molecular formula is C12H12N2O4S. The van der Waals surface area contributed by atoms with Gasteiger partial charge in [-0.05, 0) is 25.3 Å². The van der Waals surface area contributed by atoms with Crippen LogP contribution in [-0.2, 0) is 4.74 Å². The molecule has 0 saturated carbocycles. The lowest BCUT2D eigenvalue weighted by Gasteiger charge is -2.04. The molecule has 0 aliphatic rings. The predicted molar refractivity (Wildman–Crippen MR) is 69.5 cm³/mol. The van der Waals surface area contributed by atoms with Gasteiger partial charge in [0.05, 0.1) is 17.9 Å². The molecular weight excluding hydrogens is 268 g/mol. The van der Waals surface area contributed by atoms with Crippen molar-refractivity contribution in [2.75, 3.05) is 11.9 Å². The van der Waals surface area contributed by atoms with Gasteiger partial charge in [0.25, 0.3) is 5.91 Å².